The first kappa shape index (κ1) is 19.3. The van der Waals surface area contributed by atoms with E-state index in [0.29, 0.717) is 24.3 Å². The molecule has 3 N–H and O–H groups in total. The van der Waals surface area contributed by atoms with Gasteiger partial charge in [-0.25, -0.2) is 9.97 Å². The Labute approximate surface area is 169 Å². The van der Waals surface area contributed by atoms with Crippen LogP contribution in [0.2, 0.25) is 0 Å². The summed E-state index contributed by atoms with van der Waals surface area (Å²) in [5, 5.41) is 7.67. The standard InChI is InChI=1S/C20H22N6O2S/c1-13-2-7-16(29(27,28)25-11-14-3-5-15(21)6-4-14)10-17(13)18-12-24-20-19(22)23-8-9-26(18)20/h2,7-12,14,21H,3-6H2,1H3,(H2,22,23)/b21-15?,25-11-. The van der Waals surface area contributed by atoms with Gasteiger partial charge in [0.15, 0.2) is 11.5 Å². The second kappa shape index (κ2) is 7.40. The van der Waals surface area contributed by atoms with Gasteiger partial charge in [0, 0.05) is 29.9 Å². The highest BCUT2D eigenvalue weighted by molar-refractivity contribution is 7.90. The van der Waals surface area contributed by atoms with Gasteiger partial charge in [-0.2, -0.15) is 12.8 Å². The van der Waals surface area contributed by atoms with Crippen molar-refractivity contribution in [3.05, 3.63) is 42.4 Å². The summed E-state index contributed by atoms with van der Waals surface area (Å²) in [5.41, 5.74) is 9.52. The molecule has 150 valence electrons. The van der Waals surface area contributed by atoms with Crippen molar-refractivity contribution >= 4 is 33.4 Å². The number of imidazole rings is 1. The molecule has 0 spiro atoms. The maximum atomic E-state index is 12.8. The van der Waals surface area contributed by atoms with Crippen molar-refractivity contribution in [3.63, 3.8) is 0 Å². The minimum atomic E-state index is -3.82. The van der Waals surface area contributed by atoms with Crippen molar-refractivity contribution in [1.29, 1.82) is 5.41 Å². The number of rotatable bonds is 4. The van der Waals surface area contributed by atoms with Crippen LogP contribution in [0, 0.1) is 18.3 Å². The van der Waals surface area contributed by atoms with Gasteiger partial charge in [-0.15, -0.1) is 0 Å². The molecule has 1 fully saturated rings. The fourth-order valence-electron chi connectivity index (χ4n) is 3.54. The van der Waals surface area contributed by atoms with Crippen molar-refractivity contribution < 1.29 is 8.42 Å². The van der Waals surface area contributed by atoms with Crippen LogP contribution >= 0.6 is 0 Å². The fourth-order valence-corrected chi connectivity index (χ4v) is 4.50. The molecule has 0 radical (unpaired) electrons. The number of nitrogen functional groups attached to an aromatic ring is 1. The molecule has 8 nitrogen and oxygen atoms in total. The molecule has 1 aliphatic rings. The zero-order chi connectivity index (χ0) is 20.6. The van der Waals surface area contributed by atoms with E-state index in [0.717, 1.165) is 35.4 Å². The number of benzene rings is 1. The number of aromatic nitrogens is 3. The van der Waals surface area contributed by atoms with Crippen molar-refractivity contribution in [2.45, 2.75) is 37.5 Å². The zero-order valence-electron chi connectivity index (χ0n) is 16.0. The van der Waals surface area contributed by atoms with Crippen LogP contribution in [-0.2, 0) is 10.0 Å². The number of anilines is 1. The molecule has 0 unspecified atom stereocenters. The average molecular weight is 411 g/mol. The van der Waals surface area contributed by atoms with E-state index in [1.807, 2.05) is 6.92 Å². The molecular weight excluding hydrogens is 388 g/mol. The normalized spacial score (nSPS) is 18.0. The average Bonchev–Trinajstić information content (AvgIpc) is 3.13. The molecular formula is C20H22N6O2S. The molecule has 0 aliphatic heterocycles. The van der Waals surface area contributed by atoms with E-state index < -0.39 is 10.0 Å². The Kier molecular flexibility index (Phi) is 4.91. The van der Waals surface area contributed by atoms with Gasteiger partial charge in [0.25, 0.3) is 10.0 Å². The van der Waals surface area contributed by atoms with Crippen molar-refractivity contribution in [2.75, 3.05) is 5.73 Å². The Hall–Kier alpha value is -3.07. The maximum absolute atomic E-state index is 12.8. The summed E-state index contributed by atoms with van der Waals surface area (Å²) in [6.45, 7) is 1.91. The summed E-state index contributed by atoms with van der Waals surface area (Å²) in [7, 11) is -3.82. The third-order valence-corrected chi connectivity index (χ3v) is 6.53. The van der Waals surface area contributed by atoms with Crippen LogP contribution in [0.4, 0.5) is 5.82 Å². The molecule has 1 aromatic carbocycles. The lowest BCUT2D eigenvalue weighted by molar-refractivity contribution is 0.570. The lowest BCUT2D eigenvalue weighted by Crippen LogP contribution is -2.15. The van der Waals surface area contributed by atoms with Crippen LogP contribution in [0.5, 0.6) is 0 Å². The van der Waals surface area contributed by atoms with Crippen LogP contribution in [0.1, 0.15) is 31.2 Å². The SMILES string of the molecule is Cc1ccc(S(=O)(=O)/N=C\C2CCC(=N)CC2)cc1-c1cnc2c(N)nccn12. The van der Waals surface area contributed by atoms with E-state index in [1.165, 1.54) is 6.21 Å². The van der Waals surface area contributed by atoms with Crippen molar-refractivity contribution in [1.82, 2.24) is 14.4 Å². The van der Waals surface area contributed by atoms with Crippen LogP contribution in [0.25, 0.3) is 16.9 Å². The number of hydrogen-bond donors (Lipinski definition) is 2. The third-order valence-electron chi connectivity index (χ3n) is 5.28. The summed E-state index contributed by atoms with van der Waals surface area (Å²) in [6.07, 6.45) is 9.47. The van der Waals surface area contributed by atoms with E-state index in [4.69, 9.17) is 11.1 Å². The molecule has 2 aromatic heterocycles. The Morgan fingerprint density at radius 1 is 1.28 bits per heavy atom. The van der Waals surface area contributed by atoms with Gasteiger partial charge in [-0.05, 0) is 56.2 Å². The van der Waals surface area contributed by atoms with Gasteiger partial charge in [-0.3, -0.25) is 4.40 Å². The Bertz CT molecular complexity index is 1220. The first-order chi connectivity index (χ1) is 13.8. The summed E-state index contributed by atoms with van der Waals surface area (Å²) in [4.78, 5) is 8.48. The second-order valence-electron chi connectivity index (χ2n) is 7.30. The summed E-state index contributed by atoms with van der Waals surface area (Å²) < 4.78 is 31.3. The zero-order valence-corrected chi connectivity index (χ0v) is 16.9. The van der Waals surface area contributed by atoms with Gasteiger partial charge in [-0.1, -0.05) is 6.07 Å². The van der Waals surface area contributed by atoms with E-state index >= 15 is 0 Å². The van der Waals surface area contributed by atoms with Crippen LogP contribution in [0.15, 0.2) is 46.1 Å². The third kappa shape index (κ3) is 3.77. The minimum absolute atomic E-state index is 0.0954. The van der Waals surface area contributed by atoms with E-state index in [2.05, 4.69) is 14.4 Å². The summed E-state index contributed by atoms with van der Waals surface area (Å²) >= 11 is 0. The fraction of sp³-hybridized carbons (Fsp3) is 0.300. The van der Waals surface area contributed by atoms with E-state index in [1.54, 1.807) is 41.2 Å². The van der Waals surface area contributed by atoms with Crippen molar-refractivity contribution in [3.8, 4) is 11.3 Å². The lowest BCUT2D eigenvalue weighted by atomic mass is 9.89. The highest BCUT2D eigenvalue weighted by Crippen LogP contribution is 2.29. The highest BCUT2D eigenvalue weighted by Gasteiger charge is 2.19. The minimum Gasteiger partial charge on any atom is -0.381 e. The number of sulfonamides is 1. The van der Waals surface area contributed by atoms with E-state index in [9.17, 15) is 8.42 Å². The van der Waals surface area contributed by atoms with Crippen LogP contribution in [0.3, 0.4) is 0 Å². The molecule has 0 amide bonds. The number of nitrogens with one attached hydrogen (secondary N) is 1. The van der Waals surface area contributed by atoms with Gasteiger partial charge >= 0.3 is 0 Å². The number of nitrogens with zero attached hydrogens (tertiary/aromatic N) is 4. The molecule has 1 aliphatic carbocycles. The first-order valence-electron chi connectivity index (χ1n) is 9.40. The largest absolute Gasteiger partial charge is 0.381 e. The Morgan fingerprint density at radius 3 is 2.79 bits per heavy atom. The van der Waals surface area contributed by atoms with Gasteiger partial charge in [0.1, 0.15) is 0 Å². The number of hydrogen-bond acceptors (Lipinski definition) is 6. The lowest BCUT2D eigenvalue weighted by Gasteiger charge is -2.18. The molecule has 1 saturated carbocycles. The highest BCUT2D eigenvalue weighted by atomic mass is 32.2. The van der Waals surface area contributed by atoms with Gasteiger partial charge in [0.2, 0.25) is 0 Å². The second-order valence-corrected chi connectivity index (χ2v) is 8.93. The number of fused-ring (bicyclic) bond motifs is 1. The number of aryl methyl sites for hydroxylation is 1. The summed E-state index contributed by atoms with van der Waals surface area (Å²) in [6, 6.07) is 4.96. The molecule has 0 atom stereocenters. The topological polar surface area (TPSA) is 127 Å². The molecule has 4 rings (SSSR count). The molecule has 29 heavy (non-hydrogen) atoms. The molecule has 0 saturated heterocycles. The predicted octanol–water partition coefficient (Wildman–Crippen LogP) is 3.26. The Balaban J connectivity index is 1.69. The molecule has 0 bridgehead atoms. The summed E-state index contributed by atoms with van der Waals surface area (Å²) in [5.74, 6) is 0.406. The van der Waals surface area contributed by atoms with Gasteiger partial charge < -0.3 is 11.1 Å². The molecule has 9 heteroatoms. The molecule has 3 aromatic rings. The maximum Gasteiger partial charge on any atom is 0.281 e. The molecule has 2 heterocycles. The van der Waals surface area contributed by atoms with E-state index in [-0.39, 0.29) is 10.8 Å². The van der Waals surface area contributed by atoms with Crippen LogP contribution < -0.4 is 5.73 Å². The van der Waals surface area contributed by atoms with Crippen LogP contribution in [-0.4, -0.2) is 34.7 Å². The predicted molar refractivity (Wildman–Crippen MR) is 113 cm³/mol. The quantitative estimate of drug-likeness (QED) is 0.638. The van der Waals surface area contributed by atoms with Crippen molar-refractivity contribution in [2.24, 2.45) is 10.3 Å². The first-order valence-corrected chi connectivity index (χ1v) is 10.8. The number of nitrogens with two attached hydrogens (primary N) is 1. The smallest absolute Gasteiger partial charge is 0.281 e. The monoisotopic (exact) mass is 410 g/mol. The van der Waals surface area contributed by atoms with Gasteiger partial charge in [0.05, 0.1) is 16.8 Å². The Morgan fingerprint density at radius 2 is 2.03 bits per heavy atom.